The molecule has 0 bridgehead atoms. The van der Waals surface area contributed by atoms with Crippen LogP contribution in [0.1, 0.15) is 12.5 Å². The van der Waals surface area contributed by atoms with Crippen molar-refractivity contribution in [2.45, 2.75) is 19.5 Å². The molecule has 1 atom stereocenters. The molecule has 0 saturated carbocycles. The summed E-state index contributed by atoms with van der Waals surface area (Å²) >= 11 is 1.85. The second-order valence-corrected chi connectivity index (χ2v) is 3.89. The second kappa shape index (κ2) is 5.94. The van der Waals surface area contributed by atoms with Gasteiger partial charge in [-0.2, -0.15) is 11.8 Å². The summed E-state index contributed by atoms with van der Waals surface area (Å²) < 4.78 is 0. The molecule has 3 nitrogen and oxygen atoms in total. The van der Waals surface area contributed by atoms with Gasteiger partial charge in [0.1, 0.15) is 6.33 Å². The lowest BCUT2D eigenvalue weighted by Gasteiger charge is -2.11. The Morgan fingerprint density at radius 1 is 1.46 bits per heavy atom. The highest BCUT2D eigenvalue weighted by atomic mass is 32.2. The first-order valence-corrected chi connectivity index (χ1v) is 5.68. The van der Waals surface area contributed by atoms with Crippen LogP contribution in [0.3, 0.4) is 0 Å². The largest absolute Gasteiger partial charge is 0.309 e. The molecule has 0 aliphatic rings. The molecule has 0 amide bonds. The Hall–Kier alpha value is -0.610. The van der Waals surface area contributed by atoms with E-state index < -0.39 is 0 Å². The predicted molar refractivity (Wildman–Crippen MR) is 56.7 cm³/mol. The van der Waals surface area contributed by atoms with Gasteiger partial charge in [0.2, 0.25) is 0 Å². The summed E-state index contributed by atoms with van der Waals surface area (Å²) in [5.74, 6) is 1.13. The monoisotopic (exact) mass is 197 g/mol. The van der Waals surface area contributed by atoms with E-state index in [2.05, 4.69) is 28.5 Å². The molecule has 0 aliphatic carbocycles. The Bertz CT molecular complexity index is 228. The lowest BCUT2D eigenvalue weighted by molar-refractivity contribution is 0.594. The van der Waals surface area contributed by atoms with Crippen molar-refractivity contribution in [2.24, 2.45) is 0 Å². The van der Waals surface area contributed by atoms with Crippen LogP contribution in [-0.4, -0.2) is 28.0 Å². The summed E-state index contributed by atoms with van der Waals surface area (Å²) in [5.41, 5.74) is 1.13. The minimum atomic E-state index is 0.537. The number of nitrogens with one attached hydrogen (secondary N) is 1. The highest BCUT2D eigenvalue weighted by molar-refractivity contribution is 7.98. The van der Waals surface area contributed by atoms with Crippen molar-refractivity contribution in [3.05, 3.63) is 24.3 Å². The van der Waals surface area contributed by atoms with Crippen LogP contribution in [0.5, 0.6) is 0 Å². The van der Waals surface area contributed by atoms with E-state index >= 15 is 0 Å². The van der Waals surface area contributed by atoms with E-state index in [1.54, 1.807) is 6.33 Å². The fraction of sp³-hybridized carbons (Fsp3) is 0.556. The van der Waals surface area contributed by atoms with Gasteiger partial charge in [0, 0.05) is 36.3 Å². The summed E-state index contributed by atoms with van der Waals surface area (Å²) in [6.07, 6.45) is 7.34. The Morgan fingerprint density at radius 2 is 2.15 bits per heavy atom. The molecule has 1 unspecified atom stereocenters. The third-order valence-corrected chi connectivity index (χ3v) is 2.52. The summed E-state index contributed by atoms with van der Waals surface area (Å²) in [4.78, 5) is 7.90. The van der Waals surface area contributed by atoms with Crippen molar-refractivity contribution in [3.8, 4) is 0 Å². The van der Waals surface area contributed by atoms with E-state index in [1.165, 1.54) is 0 Å². The third-order valence-electron chi connectivity index (χ3n) is 1.69. The minimum absolute atomic E-state index is 0.537. The van der Waals surface area contributed by atoms with Crippen LogP contribution in [0.15, 0.2) is 18.7 Å². The van der Waals surface area contributed by atoms with Gasteiger partial charge in [-0.15, -0.1) is 0 Å². The number of rotatable bonds is 5. The predicted octanol–water partition coefficient (Wildman–Crippen LogP) is 1.32. The zero-order chi connectivity index (χ0) is 9.52. The van der Waals surface area contributed by atoms with Crippen LogP contribution in [0, 0.1) is 0 Å². The van der Waals surface area contributed by atoms with E-state index in [9.17, 15) is 0 Å². The van der Waals surface area contributed by atoms with Crippen LogP contribution >= 0.6 is 11.8 Å². The average molecular weight is 197 g/mol. The van der Waals surface area contributed by atoms with Crippen molar-refractivity contribution in [1.29, 1.82) is 0 Å². The maximum absolute atomic E-state index is 3.95. The molecule has 0 fully saturated rings. The standard InChI is InChI=1S/C9H15N3S/c1-8(6-13-2)12-5-9-3-10-7-11-4-9/h3-4,7-8,12H,5-6H2,1-2H3. The van der Waals surface area contributed by atoms with E-state index in [-0.39, 0.29) is 0 Å². The van der Waals surface area contributed by atoms with Crippen LogP contribution in [0.2, 0.25) is 0 Å². The zero-order valence-corrected chi connectivity index (χ0v) is 8.84. The van der Waals surface area contributed by atoms with Crippen molar-refractivity contribution in [3.63, 3.8) is 0 Å². The maximum Gasteiger partial charge on any atom is 0.115 e. The molecule has 0 saturated heterocycles. The van der Waals surface area contributed by atoms with Crippen LogP contribution < -0.4 is 5.32 Å². The normalized spacial score (nSPS) is 12.8. The smallest absolute Gasteiger partial charge is 0.115 e. The number of aromatic nitrogens is 2. The van der Waals surface area contributed by atoms with Gasteiger partial charge in [0.05, 0.1) is 0 Å². The molecular weight excluding hydrogens is 182 g/mol. The Kier molecular flexibility index (Phi) is 4.78. The highest BCUT2D eigenvalue weighted by Crippen LogP contribution is 1.98. The molecule has 72 valence electrons. The van der Waals surface area contributed by atoms with Gasteiger partial charge in [-0.3, -0.25) is 0 Å². The molecular formula is C9H15N3S. The van der Waals surface area contributed by atoms with Crippen molar-refractivity contribution in [2.75, 3.05) is 12.0 Å². The fourth-order valence-corrected chi connectivity index (χ4v) is 1.64. The average Bonchev–Trinajstić information content (AvgIpc) is 2.17. The highest BCUT2D eigenvalue weighted by Gasteiger charge is 1.99. The molecule has 1 heterocycles. The first-order chi connectivity index (χ1) is 6.33. The summed E-state index contributed by atoms with van der Waals surface area (Å²) in [6.45, 7) is 3.03. The van der Waals surface area contributed by atoms with Gasteiger partial charge in [0.15, 0.2) is 0 Å². The maximum atomic E-state index is 3.95. The van der Waals surface area contributed by atoms with Crippen molar-refractivity contribution in [1.82, 2.24) is 15.3 Å². The van der Waals surface area contributed by atoms with Gasteiger partial charge >= 0.3 is 0 Å². The van der Waals surface area contributed by atoms with Gasteiger partial charge < -0.3 is 5.32 Å². The quantitative estimate of drug-likeness (QED) is 0.772. The zero-order valence-electron chi connectivity index (χ0n) is 8.03. The lowest BCUT2D eigenvalue weighted by atomic mass is 10.3. The first kappa shape index (κ1) is 10.5. The molecule has 0 aromatic carbocycles. The van der Waals surface area contributed by atoms with E-state index in [0.29, 0.717) is 6.04 Å². The molecule has 1 aromatic rings. The molecule has 1 aromatic heterocycles. The number of hydrogen-bond donors (Lipinski definition) is 1. The molecule has 1 N–H and O–H groups in total. The van der Waals surface area contributed by atoms with Crippen LogP contribution in [0.25, 0.3) is 0 Å². The Labute approximate surface area is 83.4 Å². The summed E-state index contributed by atoms with van der Waals surface area (Å²) in [5, 5.41) is 3.40. The topological polar surface area (TPSA) is 37.8 Å². The third kappa shape index (κ3) is 4.24. The Morgan fingerprint density at radius 3 is 2.77 bits per heavy atom. The second-order valence-electron chi connectivity index (χ2n) is 2.98. The minimum Gasteiger partial charge on any atom is -0.309 e. The fourth-order valence-electron chi connectivity index (χ4n) is 1.02. The molecule has 4 heteroatoms. The first-order valence-electron chi connectivity index (χ1n) is 4.29. The lowest BCUT2D eigenvalue weighted by Crippen LogP contribution is -2.27. The van der Waals surface area contributed by atoms with E-state index in [0.717, 1.165) is 17.9 Å². The van der Waals surface area contributed by atoms with Gasteiger partial charge in [0.25, 0.3) is 0 Å². The van der Waals surface area contributed by atoms with Gasteiger partial charge in [-0.05, 0) is 13.2 Å². The molecule has 1 rings (SSSR count). The number of nitrogens with zero attached hydrogens (tertiary/aromatic N) is 2. The van der Waals surface area contributed by atoms with Crippen molar-refractivity contribution < 1.29 is 0 Å². The van der Waals surface area contributed by atoms with Crippen molar-refractivity contribution >= 4 is 11.8 Å². The molecule has 0 spiro atoms. The summed E-state index contributed by atoms with van der Waals surface area (Å²) in [7, 11) is 0. The SMILES string of the molecule is CSCC(C)NCc1cncnc1. The molecule has 0 aliphatic heterocycles. The van der Waals surface area contributed by atoms with Gasteiger partial charge in [-0.1, -0.05) is 0 Å². The molecule has 0 radical (unpaired) electrons. The molecule has 13 heavy (non-hydrogen) atoms. The number of hydrogen-bond acceptors (Lipinski definition) is 4. The van der Waals surface area contributed by atoms with Crippen LogP contribution in [0.4, 0.5) is 0 Å². The van der Waals surface area contributed by atoms with E-state index in [4.69, 9.17) is 0 Å². The number of thioether (sulfide) groups is 1. The Balaban J connectivity index is 2.27. The van der Waals surface area contributed by atoms with E-state index in [1.807, 2.05) is 24.2 Å². The van der Waals surface area contributed by atoms with Gasteiger partial charge in [-0.25, -0.2) is 9.97 Å². The van der Waals surface area contributed by atoms with Crippen LogP contribution in [-0.2, 0) is 6.54 Å². The summed E-state index contributed by atoms with van der Waals surface area (Å²) in [6, 6.07) is 0.537.